The lowest BCUT2D eigenvalue weighted by Crippen LogP contribution is -2.11. The number of para-hydroxylation sites is 2. The predicted molar refractivity (Wildman–Crippen MR) is 116 cm³/mol. The molecule has 0 amide bonds. The summed E-state index contributed by atoms with van der Waals surface area (Å²) < 4.78 is 18.2. The Balaban J connectivity index is 1.54. The molecule has 0 saturated heterocycles. The standard InChI is InChI=1S/C24H20O4S/c1-26-19-12-6-7-13-20(19)27-15-16-28-23-18-11-5-8-14-21(18)29-24(23)22(25)17-9-3-2-4-10-17/h2-14H,15-16H2,1H3. The largest absolute Gasteiger partial charge is 0.493 e. The Bertz CT molecular complexity index is 1120. The van der Waals surface area contributed by atoms with Crippen LogP contribution in [-0.4, -0.2) is 26.1 Å². The molecule has 0 spiro atoms. The van der Waals surface area contributed by atoms with Crippen LogP contribution in [0.5, 0.6) is 17.2 Å². The molecule has 5 heteroatoms. The van der Waals surface area contributed by atoms with Crippen molar-refractivity contribution >= 4 is 27.2 Å². The number of fused-ring (bicyclic) bond motifs is 1. The van der Waals surface area contributed by atoms with Crippen LogP contribution in [0.4, 0.5) is 0 Å². The van der Waals surface area contributed by atoms with Crippen LogP contribution < -0.4 is 14.2 Å². The first-order valence-electron chi connectivity index (χ1n) is 9.28. The minimum absolute atomic E-state index is 0.0348. The van der Waals surface area contributed by atoms with Gasteiger partial charge in [-0.2, -0.15) is 0 Å². The van der Waals surface area contributed by atoms with Crippen molar-refractivity contribution in [2.75, 3.05) is 20.3 Å². The van der Waals surface area contributed by atoms with Crippen LogP contribution in [0.25, 0.3) is 10.1 Å². The zero-order valence-electron chi connectivity index (χ0n) is 16.0. The first-order valence-corrected chi connectivity index (χ1v) is 10.1. The number of methoxy groups -OCH3 is 1. The van der Waals surface area contributed by atoms with E-state index in [1.54, 1.807) is 7.11 Å². The molecule has 0 bridgehead atoms. The van der Waals surface area contributed by atoms with E-state index in [4.69, 9.17) is 14.2 Å². The SMILES string of the molecule is COc1ccccc1OCCOc1c(C(=O)c2ccccc2)sc2ccccc12. The number of carbonyl (C=O) groups is 1. The molecule has 4 rings (SSSR count). The van der Waals surface area contributed by atoms with E-state index >= 15 is 0 Å². The third-order valence-corrected chi connectivity index (χ3v) is 5.60. The van der Waals surface area contributed by atoms with E-state index in [9.17, 15) is 4.79 Å². The summed E-state index contributed by atoms with van der Waals surface area (Å²) in [6.45, 7) is 0.650. The highest BCUT2D eigenvalue weighted by Gasteiger charge is 2.21. The molecule has 0 N–H and O–H groups in total. The maximum absolute atomic E-state index is 13.1. The van der Waals surface area contributed by atoms with E-state index in [0.717, 1.165) is 10.1 Å². The van der Waals surface area contributed by atoms with Gasteiger partial charge in [0, 0.05) is 15.6 Å². The van der Waals surface area contributed by atoms with Gasteiger partial charge in [0.15, 0.2) is 11.5 Å². The van der Waals surface area contributed by atoms with Gasteiger partial charge in [0.25, 0.3) is 0 Å². The van der Waals surface area contributed by atoms with Gasteiger partial charge in [0.05, 0.1) is 7.11 Å². The van der Waals surface area contributed by atoms with Crippen molar-refractivity contribution in [2.24, 2.45) is 0 Å². The van der Waals surface area contributed by atoms with Gasteiger partial charge in [-0.1, -0.05) is 54.6 Å². The molecule has 0 aliphatic carbocycles. The third kappa shape index (κ3) is 4.10. The minimum atomic E-state index is -0.0348. The molecule has 1 aromatic heterocycles. The fourth-order valence-corrected chi connectivity index (χ4v) is 4.18. The monoisotopic (exact) mass is 404 g/mol. The van der Waals surface area contributed by atoms with Crippen molar-refractivity contribution in [1.29, 1.82) is 0 Å². The number of hydrogen-bond donors (Lipinski definition) is 0. The summed E-state index contributed by atoms with van der Waals surface area (Å²) in [5.41, 5.74) is 0.647. The van der Waals surface area contributed by atoms with Crippen LogP contribution in [-0.2, 0) is 0 Å². The van der Waals surface area contributed by atoms with Crippen LogP contribution in [0.1, 0.15) is 15.2 Å². The van der Waals surface area contributed by atoms with Crippen molar-refractivity contribution in [3.8, 4) is 17.2 Å². The van der Waals surface area contributed by atoms with Crippen LogP contribution in [0.3, 0.4) is 0 Å². The lowest BCUT2D eigenvalue weighted by molar-refractivity contribution is 0.103. The van der Waals surface area contributed by atoms with Crippen molar-refractivity contribution in [3.05, 3.63) is 89.3 Å². The van der Waals surface area contributed by atoms with E-state index < -0.39 is 0 Å². The average molecular weight is 404 g/mol. The molecule has 0 unspecified atom stereocenters. The van der Waals surface area contributed by atoms with Gasteiger partial charge in [-0.15, -0.1) is 11.3 Å². The maximum atomic E-state index is 13.1. The Labute approximate surface area is 173 Å². The Morgan fingerprint density at radius 1 is 0.793 bits per heavy atom. The van der Waals surface area contributed by atoms with Crippen molar-refractivity contribution in [1.82, 2.24) is 0 Å². The Hall–Kier alpha value is -3.31. The minimum Gasteiger partial charge on any atom is -0.493 e. The molecule has 0 aliphatic heterocycles. The molecule has 0 fully saturated rings. The van der Waals surface area contributed by atoms with Gasteiger partial charge in [-0.25, -0.2) is 0 Å². The van der Waals surface area contributed by atoms with Gasteiger partial charge < -0.3 is 14.2 Å². The lowest BCUT2D eigenvalue weighted by atomic mass is 10.1. The van der Waals surface area contributed by atoms with E-state index in [0.29, 0.717) is 40.9 Å². The van der Waals surface area contributed by atoms with Gasteiger partial charge in [-0.05, 0) is 24.3 Å². The second-order valence-corrected chi connectivity index (χ2v) is 7.35. The average Bonchev–Trinajstić information content (AvgIpc) is 3.15. The predicted octanol–water partition coefficient (Wildman–Crippen LogP) is 5.60. The van der Waals surface area contributed by atoms with E-state index in [2.05, 4.69) is 0 Å². The quantitative estimate of drug-likeness (QED) is 0.283. The Morgan fingerprint density at radius 2 is 1.45 bits per heavy atom. The smallest absolute Gasteiger partial charge is 0.206 e. The fraction of sp³-hybridized carbons (Fsp3) is 0.125. The first-order chi connectivity index (χ1) is 14.3. The zero-order chi connectivity index (χ0) is 20.1. The molecule has 0 saturated carbocycles. The summed E-state index contributed by atoms with van der Waals surface area (Å²) in [6.07, 6.45) is 0. The maximum Gasteiger partial charge on any atom is 0.206 e. The Kier molecular flexibility index (Phi) is 5.77. The number of carbonyl (C=O) groups excluding carboxylic acids is 1. The summed E-state index contributed by atoms with van der Waals surface area (Å²) in [7, 11) is 1.61. The highest BCUT2D eigenvalue weighted by atomic mass is 32.1. The Morgan fingerprint density at radius 3 is 2.24 bits per heavy atom. The first kappa shape index (κ1) is 19.0. The molecule has 0 atom stereocenters. The molecule has 4 nitrogen and oxygen atoms in total. The van der Waals surface area contributed by atoms with Gasteiger partial charge in [0.2, 0.25) is 5.78 Å². The second-order valence-electron chi connectivity index (χ2n) is 6.30. The lowest BCUT2D eigenvalue weighted by Gasteiger charge is -2.11. The molecule has 4 aromatic rings. The van der Waals surface area contributed by atoms with Crippen molar-refractivity contribution in [3.63, 3.8) is 0 Å². The summed E-state index contributed by atoms with van der Waals surface area (Å²) in [5.74, 6) is 1.92. The van der Waals surface area contributed by atoms with Crippen LogP contribution in [0.2, 0.25) is 0 Å². The van der Waals surface area contributed by atoms with Crippen molar-refractivity contribution < 1.29 is 19.0 Å². The zero-order valence-corrected chi connectivity index (χ0v) is 16.8. The molecule has 3 aromatic carbocycles. The third-order valence-electron chi connectivity index (χ3n) is 4.45. The number of hydrogen-bond acceptors (Lipinski definition) is 5. The molecule has 1 heterocycles. The molecule has 0 radical (unpaired) electrons. The van der Waals surface area contributed by atoms with E-state index in [1.807, 2.05) is 78.9 Å². The second kappa shape index (κ2) is 8.80. The van der Waals surface area contributed by atoms with Crippen LogP contribution in [0.15, 0.2) is 78.9 Å². The summed E-state index contributed by atoms with van der Waals surface area (Å²) in [4.78, 5) is 13.7. The molecule has 29 heavy (non-hydrogen) atoms. The number of thiophene rings is 1. The molecule has 146 valence electrons. The van der Waals surface area contributed by atoms with Crippen LogP contribution >= 0.6 is 11.3 Å². The highest BCUT2D eigenvalue weighted by Crippen LogP contribution is 2.39. The van der Waals surface area contributed by atoms with Gasteiger partial charge in [0.1, 0.15) is 23.8 Å². The summed E-state index contributed by atoms with van der Waals surface area (Å²) in [6, 6.07) is 24.6. The number of ketones is 1. The molecule has 0 aliphatic rings. The summed E-state index contributed by atoms with van der Waals surface area (Å²) in [5, 5.41) is 0.939. The molecular weight excluding hydrogens is 384 g/mol. The highest BCUT2D eigenvalue weighted by molar-refractivity contribution is 7.21. The van der Waals surface area contributed by atoms with E-state index in [1.165, 1.54) is 11.3 Å². The van der Waals surface area contributed by atoms with Crippen molar-refractivity contribution in [2.45, 2.75) is 0 Å². The topological polar surface area (TPSA) is 44.8 Å². The molecular formula is C24H20O4S. The fourth-order valence-electron chi connectivity index (χ4n) is 3.07. The number of rotatable bonds is 8. The van der Waals surface area contributed by atoms with E-state index in [-0.39, 0.29) is 5.78 Å². The number of ether oxygens (including phenoxy) is 3. The van der Waals surface area contributed by atoms with Gasteiger partial charge >= 0.3 is 0 Å². The van der Waals surface area contributed by atoms with Crippen LogP contribution in [0, 0.1) is 0 Å². The normalized spacial score (nSPS) is 10.7. The van der Waals surface area contributed by atoms with Gasteiger partial charge in [-0.3, -0.25) is 4.79 Å². The summed E-state index contributed by atoms with van der Waals surface area (Å²) >= 11 is 1.45. The number of benzene rings is 3.